The van der Waals surface area contributed by atoms with Gasteiger partial charge >= 0.3 is 0 Å². The Kier molecular flexibility index (Phi) is 5.54. The van der Waals surface area contributed by atoms with Gasteiger partial charge < -0.3 is 9.80 Å². The van der Waals surface area contributed by atoms with E-state index in [2.05, 4.69) is 6.92 Å². The molecule has 1 aromatic rings. The van der Waals surface area contributed by atoms with Gasteiger partial charge in [0, 0.05) is 37.7 Å². The van der Waals surface area contributed by atoms with E-state index in [0.717, 1.165) is 49.9 Å². The van der Waals surface area contributed by atoms with Crippen molar-refractivity contribution in [3.8, 4) is 0 Å². The molecule has 1 heterocycles. The number of benzene rings is 1. The average molecular weight is 328 g/mol. The second kappa shape index (κ2) is 7.82. The van der Waals surface area contributed by atoms with Crippen molar-refractivity contribution in [1.82, 2.24) is 9.80 Å². The Morgan fingerprint density at radius 2 is 1.62 bits per heavy atom. The first kappa shape index (κ1) is 17.0. The van der Waals surface area contributed by atoms with Crippen molar-refractivity contribution in [2.24, 2.45) is 5.92 Å². The number of hydrogen-bond acceptors (Lipinski definition) is 2. The van der Waals surface area contributed by atoms with E-state index >= 15 is 0 Å². The molecule has 1 saturated carbocycles. The minimum Gasteiger partial charge on any atom is -0.341 e. The van der Waals surface area contributed by atoms with E-state index in [-0.39, 0.29) is 11.8 Å². The molecule has 0 bridgehead atoms. The Labute approximate surface area is 144 Å². The highest BCUT2D eigenvalue weighted by atomic mass is 16.2. The zero-order valence-electron chi connectivity index (χ0n) is 14.7. The topological polar surface area (TPSA) is 40.6 Å². The van der Waals surface area contributed by atoms with E-state index in [0.29, 0.717) is 19.0 Å². The molecular weight excluding hydrogens is 300 g/mol. The van der Waals surface area contributed by atoms with Gasteiger partial charge in [0.15, 0.2) is 0 Å². The summed E-state index contributed by atoms with van der Waals surface area (Å²) in [5.74, 6) is 0.659. The predicted octanol–water partition coefficient (Wildman–Crippen LogP) is 3.11. The minimum absolute atomic E-state index is 0.114. The van der Waals surface area contributed by atoms with Gasteiger partial charge in [-0.3, -0.25) is 9.59 Å². The molecule has 3 rings (SSSR count). The Bertz CT molecular complexity index is 593. The fraction of sp³-hybridized carbons (Fsp3) is 0.600. The third kappa shape index (κ3) is 3.63. The molecule has 4 nitrogen and oxygen atoms in total. The summed E-state index contributed by atoms with van der Waals surface area (Å²) in [5.41, 5.74) is 1.92. The Morgan fingerprint density at radius 3 is 2.38 bits per heavy atom. The van der Waals surface area contributed by atoms with Gasteiger partial charge in [0.1, 0.15) is 0 Å². The number of hydrogen-bond donors (Lipinski definition) is 0. The molecule has 2 amide bonds. The quantitative estimate of drug-likeness (QED) is 0.855. The molecule has 1 saturated heterocycles. The van der Waals surface area contributed by atoms with E-state index in [9.17, 15) is 9.59 Å². The molecule has 1 aliphatic heterocycles. The van der Waals surface area contributed by atoms with Gasteiger partial charge in [-0.1, -0.05) is 38.0 Å². The third-order valence-corrected chi connectivity index (χ3v) is 5.43. The van der Waals surface area contributed by atoms with Crippen LogP contribution in [0.15, 0.2) is 24.3 Å². The summed E-state index contributed by atoms with van der Waals surface area (Å²) in [5, 5.41) is 0. The minimum atomic E-state index is 0.114. The van der Waals surface area contributed by atoms with Crippen molar-refractivity contribution in [2.75, 3.05) is 26.2 Å². The fourth-order valence-electron chi connectivity index (χ4n) is 3.98. The zero-order chi connectivity index (χ0) is 16.9. The largest absolute Gasteiger partial charge is 0.341 e. The molecule has 1 aromatic carbocycles. The summed E-state index contributed by atoms with van der Waals surface area (Å²) in [6.45, 7) is 4.93. The standard InChI is InChI=1S/C20H28N2O2/c1-2-16-8-5-6-11-18(16)20(24)22-13-7-12-21(14-15-22)19(23)17-9-3-4-10-17/h5-6,8,11,17H,2-4,7,9-10,12-15H2,1H3. The molecule has 2 aliphatic rings. The van der Waals surface area contributed by atoms with Gasteiger partial charge in [0.25, 0.3) is 5.91 Å². The summed E-state index contributed by atoms with van der Waals surface area (Å²) in [6.07, 6.45) is 6.19. The van der Waals surface area contributed by atoms with Crippen molar-refractivity contribution in [1.29, 1.82) is 0 Å². The van der Waals surface area contributed by atoms with Crippen LogP contribution in [0.3, 0.4) is 0 Å². The predicted molar refractivity (Wildman–Crippen MR) is 94.9 cm³/mol. The van der Waals surface area contributed by atoms with Crippen molar-refractivity contribution in [3.63, 3.8) is 0 Å². The van der Waals surface area contributed by atoms with Crippen LogP contribution in [0.25, 0.3) is 0 Å². The van der Waals surface area contributed by atoms with Crippen LogP contribution in [0.1, 0.15) is 54.9 Å². The molecule has 1 aliphatic carbocycles. The Hall–Kier alpha value is -1.84. The molecule has 130 valence electrons. The van der Waals surface area contributed by atoms with Gasteiger partial charge in [0.2, 0.25) is 5.91 Å². The highest BCUT2D eigenvalue weighted by Gasteiger charge is 2.29. The number of rotatable bonds is 3. The van der Waals surface area contributed by atoms with Crippen molar-refractivity contribution in [3.05, 3.63) is 35.4 Å². The van der Waals surface area contributed by atoms with Crippen LogP contribution >= 0.6 is 0 Å². The molecule has 0 aromatic heterocycles. The highest BCUT2D eigenvalue weighted by molar-refractivity contribution is 5.95. The highest BCUT2D eigenvalue weighted by Crippen LogP contribution is 2.27. The lowest BCUT2D eigenvalue weighted by Crippen LogP contribution is -2.39. The number of carbonyl (C=O) groups excluding carboxylic acids is 2. The van der Waals surface area contributed by atoms with Gasteiger partial charge in [-0.25, -0.2) is 0 Å². The molecular formula is C20H28N2O2. The lowest BCUT2D eigenvalue weighted by atomic mass is 10.0. The van der Waals surface area contributed by atoms with Gasteiger partial charge in [-0.2, -0.15) is 0 Å². The molecule has 0 radical (unpaired) electrons. The van der Waals surface area contributed by atoms with Crippen molar-refractivity contribution in [2.45, 2.75) is 45.4 Å². The zero-order valence-corrected chi connectivity index (χ0v) is 14.7. The molecule has 4 heteroatoms. The molecule has 0 N–H and O–H groups in total. The summed E-state index contributed by atoms with van der Waals surface area (Å²) in [4.78, 5) is 29.4. The average Bonchev–Trinajstić information content (AvgIpc) is 3.05. The number of carbonyl (C=O) groups is 2. The molecule has 0 spiro atoms. The van der Waals surface area contributed by atoms with E-state index in [1.165, 1.54) is 12.8 Å². The first-order valence-corrected chi connectivity index (χ1v) is 9.36. The second-order valence-electron chi connectivity index (χ2n) is 6.96. The molecule has 2 fully saturated rings. The molecule has 0 atom stereocenters. The van der Waals surface area contributed by atoms with E-state index in [1.54, 1.807) is 0 Å². The first-order chi connectivity index (χ1) is 11.7. The Balaban J connectivity index is 1.64. The smallest absolute Gasteiger partial charge is 0.254 e. The van der Waals surface area contributed by atoms with Crippen LogP contribution in [0, 0.1) is 5.92 Å². The maximum Gasteiger partial charge on any atom is 0.254 e. The fourth-order valence-corrected chi connectivity index (χ4v) is 3.98. The molecule has 0 unspecified atom stereocenters. The third-order valence-electron chi connectivity index (χ3n) is 5.43. The maximum atomic E-state index is 12.9. The summed E-state index contributed by atoms with van der Waals surface area (Å²) < 4.78 is 0. The van der Waals surface area contributed by atoms with Crippen LogP contribution in [-0.4, -0.2) is 47.8 Å². The van der Waals surface area contributed by atoms with Gasteiger partial charge in [-0.05, 0) is 37.3 Å². The van der Waals surface area contributed by atoms with Crippen molar-refractivity contribution < 1.29 is 9.59 Å². The lowest BCUT2D eigenvalue weighted by Gasteiger charge is -2.25. The number of nitrogens with zero attached hydrogens (tertiary/aromatic N) is 2. The second-order valence-corrected chi connectivity index (χ2v) is 6.96. The van der Waals surface area contributed by atoms with Crippen molar-refractivity contribution >= 4 is 11.8 Å². The normalized spacial score (nSPS) is 19.4. The van der Waals surface area contributed by atoms with E-state index in [1.807, 2.05) is 34.1 Å². The van der Waals surface area contributed by atoms with Crippen LogP contribution in [0.2, 0.25) is 0 Å². The maximum absolute atomic E-state index is 12.9. The van der Waals surface area contributed by atoms with E-state index < -0.39 is 0 Å². The van der Waals surface area contributed by atoms with Gasteiger partial charge in [-0.15, -0.1) is 0 Å². The SMILES string of the molecule is CCc1ccccc1C(=O)N1CCCN(C(=O)C2CCCC2)CC1. The van der Waals surface area contributed by atoms with Crippen LogP contribution in [0.5, 0.6) is 0 Å². The number of amides is 2. The lowest BCUT2D eigenvalue weighted by molar-refractivity contribution is -0.135. The summed E-state index contributed by atoms with van der Waals surface area (Å²) >= 11 is 0. The monoisotopic (exact) mass is 328 g/mol. The Morgan fingerprint density at radius 1 is 0.958 bits per heavy atom. The van der Waals surface area contributed by atoms with Gasteiger partial charge in [0.05, 0.1) is 0 Å². The van der Waals surface area contributed by atoms with Crippen LogP contribution in [0.4, 0.5) is 0 Å². The molecule has 24 heavy (non-hydrogen) atoms. The first-order valence-electron chi connectivity index (χ1n) is 9.36. The summed E-state index contributed by atoms with van der Waals surface area (Å²) in [6, 6.07) is 7.87. The number of aryl methyl sites for hydroxylation is 1. The van der Waals surface area contributed by atoms with Crippen LogP contribution in [-0.2, 0) is 11.2 Å². The summed E-state index contributed by atoms with van der Waals surface area (Å²) in [7, 11) is 0. The van der Waals surface area contributed by atoms with E-state index in [4.69, 9.17) is 0 Å². The van der Waals surface area contributed by atoms with Crippen LogP contribution < -0.4 is 0 Å².